The summed E-state index contributed by atoms with van der Waals surface area (Å²) < 4.78 is 6.22. The standard InChI is InChI=1S/C19H20O4/c1-2-13-5-3-4-6-16(13)19(9-10-20)12-17(22)15-11-14(21)7-8-18(15)23-19/h3-8,11,20-21H,2,9-10,12H2,1H3. The highest BCUT2D eigenvalue weighted by molar-refractivity contribution is 6.00. The number of benzene rings is 2. The number of hydrogen-bond acceptors (Lipinski definition) is 4. The summed E-state index contributed by atoms with van der Waals surface area (Å²) in [6, 6.07) is 12.4. The van der Waals surface area contributed by atoms with Crippen LogP contribution >= 0.6 is 0 Å². The van der Waals surface area contributed by atoms with E-state index < -0.39 is 5.60 Å². The zero-order valence-corrected chi connectivity index (χ0v) is 13.1. The average molecular weight is 312 g/mol. The van der Waals surface area contributed by atoms with E-state index in [1.165, 1.54) is 12.1 Å². The molecule has 0 saturated heterocycles. The molecule has 1 aliphatic rings. The third-order valence-corrected chi connectivity index (χ3v) is 4.42. The minimum Gasteiger partial charge on any atom is -0.508 e. The number of ketones is 1. The highest BCUT2D eigenvalue weighted by atomic mass is 16.5. The second kappa shape index (κ2) is 6.05. The summed E-state index contributed by atoms with van der Waals surface area (Å²) in [4.78, 5) is 12.6. The first-order valence-corrected chi connectivity index (χ1v) is 7.84. The van der Waals surface area contributed by atoms with Crippen LogP contribution in [0.3, 0.4) is 0 Å². The number of aromatic hydroxyl groups is 1. The fourth-order valence-corrected chi connectivity index (χ4v) is 3.30. The van der Waals surface area contributed by atoms with Gasteiger partial charge in [0.15, 0.2) is 5.78 Å². The van der Waals surface area contributed by atoms with E-state index in [9.17, 15) is 15.0 Å². The van der Waals surface area contributed by atoms with Gasteiger partial charge in [0.1, 0.15) is 17.1 Å². The molecule has 2 aromatic rings. The molecule has 1 atom stereocenters. The second-order valence-corrected chi connectivity index (χ2v) is 5.86. The Morgan fingerprint density at radius 3 is 2.74 bits per heavy atom. The molecule has 2 N–H and O–H groups in total. The summed E-state index contributed by atoms with van der Waals surface area (Å²) in [6.45, 7) is 1.99. The van der Waals surface area contributed by atoms with E-state index in [0.29, 0.717) is 17.7 Å². The SMILES string of the molecule is CCc1ccccc1C1(CCO)CC(=O)c2cc(O)ccc2O1. The normalized spacial score (nSPS) is 20.0. The van der Waals surface area contributed by atoms with Gasteiger partial charge >= 0.3 is 0 Å². The van der Waals surface area contributed by atoms with Crippen molar-refractivity contribution in [2.45, 2.75) is 31.8 Å². The van der Waals surface area contributed by atoms with Gasteiger partial charge in [0.05, 0.1) is 12.0 Å². The van der Waals surface area contributed by atoms with Crippen molar-refractivity contribution in [2.75, 3.05) is 6.61 Å². The minimum atomic E-state index is -0.859. The molecule has 0 aliphatic carbocycles. The predicted octanol–water partition coefficient (Wildman–Crippen LogP) is 3.20. The topological polar surface area (TPSA) is 66.8 Å². The number of aliphatic hydroxyl groups excluding tert-OH is 1. The number of carbonyl (C=O) groups excluding carboxylic acids is 1. The van der Waals surface area contributed by atoms with Gasteiger partial charge in [0, 0.05) is 13.0 Å². The summed E-state index contributed by atoms with van der Waals surface area (Å²) >= 11 is 0. The van der Waals surface area contributed by atoms with E-state index in [1.54, 1.807) is 6.07 Å². The first-order chi connectivity index (χ1) is 11.1. The molecule has 0 fully saturated rings. The van der Waals surface area contributed by atoms with Crippen LogP contribution in [0.4, 0.5) is 0 Å². The lowest BCUT2D eigenvalue weighted by Gasteiger charge is -2.39. The molecular formula is C19H20O4. The molecule has 0 saturated carbocycles. The summed E-state index contributed by atoms with van der Waals surface area (Å²) in [5.41, 5.74) is 1.59. The van der Waals surface area contributed by atoms with Crippen molar-refractivity contribution < 1.29 is 19.7 Å². The molecule has 0 spiro atoms. The molecule has 120 valence electrons. The molecule has 1 unspecified atom stereocenters. The number of ether oxygens (including phenoxy) is 1. The lowest BCUT2D eigenvalue weighted by Crippen LogP contribution is -2.41. The molecule has 2 aromatic carbocycles. The van der Waals surface area contributed by atoms with Crippen LogP contribution in [0.2, 0.25) is 0 Å². The number of phenols is 1. The van der Waals surface area contributed by atoms with Gasteiger partial charge in [-0.2, -0.15) is 0 Å². The van der Waals surface area contributed by atoms with Crippen molar-refractivity contribution >= 4 is 5.78 Å². The number of aliphatic hydroxyl groups is 1. The smallest absolute Gasteiger partial charge is 0.171 e. The zero-order chi connectivity index (χ0) is 16.4. The Labute approximate surface area is 135 Å². The van der Waals surface area contributed by atoms with Crippen LogP contribution in [0.15, 0.2) is 42.5 Å². The van der Waals surface area contributed by atoms with Gasteiger partial charge in [-0.25, -0.2) is 0 Å². The van der Waals surface area contributed by atoms with Gasteiger partial charge in [-0.1, -0.05) is 31.2 Å². The van der Waals surface area contributed by atoms with Gasteiger partial charge in [-0.3, -0.25) is 4.79 Å². The molecule has 3 rings (SSSR count). The Morgan fingerprint density at radius 1 is 1.22 bits per heavy atom. The Bertz CT molecular complexity index is 738. The Hall–Kier alpha value is -2.33. The average Bonchev–Trinajstić information content (AvgIpc) is 2.56. The summed E-state index contributed by atoms with van der Waals surface area (Å²) in [5, 5.41) is 19.1. The van der Waals surface area contributed by atoms with Crippen LogP contribution in [-0.4, -0.2) is 22.6 Å². The lowest BCUT2D eigenvalue weighted by molar-refractivity contribution is 0.0187. The fourth-order valence-electron chi connectivity index (χ4n) is 3.30. The van der Waals surface area contributed by atoms with Crippen molar-refractivity contribution in [3.63, 3.8) is 0 Å². The molecule has 4 nitrogen and oxygen atoms in total. The summed E-state index contributed by atoms with van der Waals surface area (Å²) in [5.74, 6) is 0.421. The maximum Gasteiger partial charge on any atom is 0.171 e. The first kappa shape index (κ1) is 15.6. The monoisotopic (exact) mass is 312 g/mol. The number of phenolic OH excluding ortho intramolecular Hbond substituents is 1. The Morgan fingerprint density at radius 2 is 2.00 bits per heavy atom. The van der Waals surface area contributed by atoms with Crippen LogP contribution in [0.25, 0.3) is 0 Å². The quantitative estimate of drug-likeness (QED) is 0.910. The lowest BCUT2D eigenvalue weighted by atomic mass is 9.79. The fraction of sp³-hybridized carbons (Fsp3) is 0.316. The van der Waals surface area contributed by atoms with E-state index in [4.69, 9.17) is 4.74 Å². The molecule has 23 heavy (non-hydrogen) atoms. The van der Waals surface area contributed by atoms with Crippen LogP contribution in [0.1, 0.15) is 41.3 Å². The number of aryl methyl sites for hydroxylation is 1. The Balaban J connectivity index is 2.13. The predicted molar refractivity (Wildman–Crippen MR) is 86.9 cm³/mol. The van der Waals surface area contributed by atoms with E-state index in [-0.39, 0.29) is 24.6 Å². The van der Waals surface area contributed by atoms with Crippen molar-refractivity contribution in [1.29, 1.82) is 0 Å². The van der Waals surface area contributed by atoms with Crippen LogP contribution < -0.4 is 4.74 Å². The molecule has 0 aromatic heterocycles. The molecule has 1 aliphatic heterocycles. The molecule has 4 heteroatoms. The van der Waals surface area contributed by atoms with E-state index >= 15 is 0 Å². The number of carbonyl (C=O) groups is 1. The van der Waals surface area contributed by atoms with Crippen molar-refractivity contribution in [1.82, 2.24) is 0 Å². The van der Waals surface area contributed by atoms with Gasteiger partial charge in [0.25, 0.3) is 0 Å². The molecule has 1 heterocycles. The highest BCUT2D eigenvalue weighted by Gasteiger charge is 2.42. The van der Waals surface area contributed by atoms with Gasteiger partial charge in [-0.05, 0) is 35.7 Å². The van der Waals surface area contributed by atoms with Gasteiger partial charge in [-0.15, -0.1) is 0 Å². The summed E-state index contributed by atoms with van der Waals surface area (Å²) in [6.07, 6.45) is 1.32. The number of Topliss-reactive ketones (excluding diaryl/α,β-unsaturated/α-hetero) is 1. The van der Waals surface area contributed by atoms with Crippen LogP contribution in [0, 0.1) is 0 Å². The van der Waals surface area contributed by atoms with Crippen LogP contribution in [-0.2, 0) is 12.0 Å². The summed E-state index contributed by atoms with van der Waals surface area (Å²) in [7, 11) is 0. The van der Waals surface area contributed by atoms with Crippen LogP contribution in [0.5, 0.6) is 11.5 Å². The molecular weight excluding hydrogens is 292 g/mol. The largest absolute Gasteiger partial charge is 0.508 e. The van der Waals surface area contributed by atoms with Gasteiger partial charge in [0.2, 0.25) is 0 Å². The Kier molecular flexibility index (Phi) is 4.09. The number of rotatable bonds is 4. The molecule has 0 bridgehead atoms. The maximum absolute atomic E-state index is 12.6. The maximum atomic E-state index is 12.6. The second-order valence-electron chi connectivity index (χ2n) is 5.86. The van der Waals surface area contributed by atoms with Crippen molar-refractivity contribution in [3.05, 3.63) is 59.2 Å². The van der Waals surface area contributed by atoms with E-state index in [1.807, 2.05) is 24.3 Å². The molecule has 0 amide bonds. The number of fused-ring (bicyclic) bond motifs is 1. The molecule has 0 radical (unpaired) electrons. The number of hydrogen-bond donors (Lipinski definition) is 2. The van der Waals surface area contributed by atoms with E-state index in [2.05, 4.69) is 6.92 Å². The zero-order valence-electron chi connectivity index (χ0n) is 13.1. The van der Waals surface area contributed by atoms with Crippen molar-refractivity contribution in [3.8, 4) is 11.5 Å². The first-order valence-electron chi connectivity index (χ1n) is 7.84. The minimum absolute atomic E-state index is 0.0457. The third-order valence-electron chi connectivity index (χ3n) is 4.42. The highest BCUT2D eigenvalue weighted by Crippen LogP contribution is 2.43. The van der Waals surface area contributed by atoms with Crippen molar-refractivity contribution in [2.24, 2.45) is 0 Å². The van der Waals surface area contributed by atoms with E-state index in [0.717, 1.165) is 17.5 Å². The third kappa shape index (κ3) is 2.70. The van der Waals surface area contributed by atoms with Gasteiger partial charge < -0.3 is 14.9 Å².